The second kappa shape index (κ2) is 5.97. The molecular weight excluding hydrogens is 340 g/mol. The summed E-state index contributed by atoms with van der Waals surface area (Å²) in [6, 6.07) is 7.57. The van der Waals surface area contributed by atoms with Gasteiger partial charge in [0.25, 0.3) is 0 Å². The molecule has 0 spiro atoms. The molecule has 1 aliphatic rings. The van der Waals surface area contributed by atoms with Crippen molar-refractivity contribution in [3.8, 4) is 17.1 Å². The Morgan fingerprint density at radius 3 is 2.78 bits per heavy atom. The zero-order valence-electron chi connectivity index (χ0n) is 15.2. The molecule has 0 saturated heterocycles. The highest BCUT2D eigenvalue weighted by Crippen LogP contribution is 2.37. The summed E-state index contributed by atoms with van der Waals surface area (Å²) in [5.74, 6) is 1.44. The third-order valence-electron chi connectivity index (χ3n) is 5.71. The van der Waals surface area contributed by atoms with Gasteiger partial charge < -0.3 is 15.8 Å². The number of anilines is 1. The monoisotopic (exact) mass is 362 g/mol. The first-order valence-electron chi connectivity index (χ1n) is 9.41. The van der Waals surface area contributed by atoms with E-state index in [4.69, 9.17) is 10.8 Å². The number of nitrogens with zero attached hydrogens (tertiary/aromatic N) is 4. The van der Waals surface area contributed by atoms with Gasteiger partial charge in [-0.1, -0.05) is 6.92 Å². The first-order chi connectivity index (χ1) is 13.1. The van der Waals surface area contributed by atoms with Crippen LogP contribution in [0.2, 0.25) is 0 Å². The summed E-state index contributed by atoms with van der Waals surface area (Å²) in [4.78, 5) is 12.1. The molecule has 0 aliphatic heterocycles. The Morgan fingerprint density at radius 1 is 1.15 bits per heavy atom. The fraction of sp³-hybridized carbons (Fsp3) is 0.350. The highest BCUT2D eigenvalue weighted by Gasteiger charge is 2.26. The van der Waals surface area contributed by atoms with Gasteiger partial charge in [0.05, 0.1) is 17.1 Å². The van der Waals surface area contributed by atoms with Gasteiger partial charge in [0.1, 0.15) is 23.6 Å². The molecule has 0 bridgehead atoms. The Kier molecular flexibility index (Phi) is 3.56. The van der Waals surface area contributed by atoms with E-state index in [1.54, 1.807) is 12.1 Å². The number of H-pyrrole nitrogens is 1. The normalized spacial score (nSPS) is 20.5. The van der Waals surface area contributed by atoms with E-state index < -0.39 is 0 Å². The number of nitrogens with one attached hydrogen (secondary N) is 1. The van der Waals surface area contributed by atoms with E-state index in [9.17, 15) is 5.11 Å². The van der Waals surface area contributed by atoms with Gasteiger partial charge >= 0.3 is 0 Å². The van der Waals surface area contributed by atoms with Crippen LogP contribution >= 0.6 is 0 Å². The minimum Gasteiger partial charge on any atom is -0.508 e. The molecule has 4 aromatic rings. The average Bonchev–Trinajstić information content (AvgIpc) is 3.24. The fourth-order valence-electron chi connectivity index (χ4n) is 4.17. The Labute approximate surface area is 156 Å². The van der Waals surface area contributed by atoms with Gasteiger partial charge in [-0.2, -0.15) is 5.10 Å². The lowest BCUT2D eigenvalue weighted by Gasteiger charge is -2.26. The van der Waals surface area contributed by atoms with Crippen molar-refractivity contribution in [2.24, 2.45) is 5.92 Å². The number of aromatic amines is 1. The van der Waals surface area contributed by atoms with E-state index in [2.05, 4.69) is 21.9 Å². The largest absolute Gasteiger partial charge is 0.508 e. The topological polar surface area (TPSA) is 106 Å². The van der Waals surface area contributed by atoms with E-state index in [1.165, 1.54) is 19.2 Å². The lowest BCUT2D eigenvalue weighted by molar-refractivity contribution is 0.278. The highest BCUT2D eigenvalue weighted by atomic mass is 16.3. The van der Waals surface area contributed by atoms with Gasteiger partial charge in [0.15, 0.2) is 5.65 Å². The zero-order chi connectivity index (χ0) is 18.5. The fourth-order valence-corrected chi connectivity index (χ4v) is 4.17. The predicted octanol–water partition coefficient (Wildman–Crippen LogP) is 4.01. The van der Waals surface area contributed by atoms with Crippen LogP contribution in [0.1, 0.15) is 38.6 Å². The van der Waals surface area contributed by atoms with Crippen LogP contribution in [0.4, 0.5) is 5.82 Å². The van der Waals surface area contributed by atoms with Gasteiger partial charge in [0, 0.05) is 10.9 Å². The standard InChI is InChI=1S/C20H22N6O/c1-11-2-4-13(5-3-11)26-20-17(19(21)22-10-23-20)18(25-26)16-9-12-8-14(27)6-7-15(12)24-16/h6-11,13,24,27H,2-5H2,1H3,(H2,21,22,23). The number of hydrogen-bond acceptors (Lipinski definition) is 5. The van der Waals surface area contributed by atoms with E-state index in [0.29, 0.717) is 11.9 Å². The molecule has 138 valence electrons. The summed E-state index contributed by atoms with van der Waals surface area (Å²) < 4.78 is 2.04. The molecule has 3 heterocycles. The highest BCUT2D eigenvalue weighted by molar-refractivity contribution is 6.00. The molecular formula is C20H22N6O. The Bertz CT molecular complexity index is 1140. The number of rotatable bonds is 2. The van der Waals surface area contributed by atoms with Crippen LogP contribution in [0.25, 0.3) is 33.3 Å². The maximum absolute atomic E-state index is 9.75. The molecule has 27 heavy (non-hydrogen) atoms. The smallest absolute Gasteiger partial charge is 0.164 e. The van der Waals surface area contributed by atoms with Crippen LogP contribution in [-0.2, 0) is 0 Å². The first kappa shape index (κ1) is 16.1. The molecule has 7 heteroatoms. The molecule has 0 unspecified atom stereocenters. The van der Waals surface area contributed by atoms with Gasteiger partial charge in [0.2, 0.25) is 0 Å². The van der Waals surface area contributed by atoms with Crippen LogP contribution in [-0.4, -0.2) is 29.8 Å². The third-order valence-corrected chi connectivity index (χ3v) is 5.71. The molecule has 0 atom stereocenters. The van der Waals surface area contributed by atoms with Crippen molar-refractivity contribution in [3.05, 3.63) is 30.6 Å². The number of phenolic OH excluding ortho intramolecular Hbond substituents is 1. The van der Waals surface area contributed by atoms with Crippen LogP contribution in [0.15, 0.2) is 30.6 Å². The van der Waals surface area contributed by atoms with E-state index in [0.717, 1.165) is 52.1 Å². The van der Waals surface area contributed by atoms with Crippen LogP contribution in [0, 0.1) is 5.92 Å². The number of aromatic nitrogens is 5. The molecule has 1 fully saturated rings. The van der Waals surface area contributed by atoms with Gasteiger partial charge in [-0.15, -0.1) is 0 Å². The zero-order valence-corrected chi connectivity index (χ0v) is 15.2. The van der Waals surface area contributed by atoms with Gasteiger partial charge in [-0.25, -0.2) is 14.6 Å². The summed E-state index contributed by atoms with van der Waals surface area (Å²) in [7, 11) is 0. The van der Waals surface area contributed by atoms with E-state index in [-0.39, 0.29) is 5.75 Å². The Hall–Kier alpha value is -3.09. The number of benzene rings is 1. The van der Waals surface area contributed by atoms with Crippen LogP contribution in [0.3, 0.4) is 0 Å². The van der Waals surface area contributed by atoms with Gasteiger partial charge in [-0.05, 0) is 55.9 Å². The number of fused-ring (bicyclic) bond motifs is 2. The molecule has 3 aromatic heterocycles. The quantitative estimate of drug-likeness (QED) is 0.499. The molecule has 1 aromatic carbocycles. The number of phenols is 1. The maximum Gasteiger partial charge on any atom is 0.164 e. The minimum atomic E-state index is 0.239. The second-order valence-corrected chi connectivity index (χ2v) is 7.62. The summed E-state index contributed by atoms with van der Waals surface area (Å²) in [6.45, 7) is 2.31. The molecule has 1 saturated carbocycles. The predicted molar refractivity (Wildman–Crippen MR) is 105 cm³/mol. The van der Waals surface area contributed by atoms with Crippen molar-refractivity contribution < 1.29 is 5.11 Å². The van der Waals surface area contributed by atoms with Crippen molar-refractivity contribution in [1.82, 2.24) is 24.7 Å². The number of aromatic hydroxyl groups is 1. The van der Waals surface area contributed by atoms with Gasteiger partial charge in [-0.3, -0.25) is 0 Å². The average molecular weight is 362 g/mol. The minimum absolute atomic E-state index is 0.239. The number of hydrogen-bond donors (Lipinski definition) is 3. The molecule has 0 radical (unpaired) electrons. The van der Waals surface area contributed by atoms with Crippen LogP contribution < -0.4 is 5.73 Å². The molecule has 7 nitrogen and oxygen atoms in total. The Balaban J connectivity index is 1.69. The number of nitrogen functional groups attached to an aromatic ring is 1. The molecule has 0 amide bonds. The lowest BCUT2D eigenvalue weighted by atomic mass is 9.87. The van der Waals surface area contributed by atoms with Crippen molar-refractivity contribution in [2.75, 3.05) is 5.73 Å². The molecule has 5 rings (SSSR count). The second-order valence-electron chi connectivity index (χ2n) is 7.62. The van der Waals surface area contributed by atoms with Crippen molar-refractivity contribution >= 4 is 27.8 Å². The SMILES string of the molecule is CC1CCC(n2nc(-c3cc4cc(O)ccc4[nH]3)c3c(N)ncnc32)CC1. The van der Waals surface area contributed by atoms with Crippen molar-refractivity contribution in [3.63, 3.8) is 0 Å². The lowest BCUT2D eigenvalue weighted by Crippen LogP contribution is -2.18. The Morgan fingerprint density at radius 2 is 1.96 bits per heavy atom. The van der Waals surface area contributed by atoms with Crippen molar-refractivity contribution in [1.29, 1.82) is 0 Å². The van der Waals surface area contributed by atoms with Crippen LogP contribution in [0.5, 0.6) is 5.75 Å². The summed E-state index contributed by atoms with van der Waals surface area (Å²) in [5.41, 5.74) is 9.56. The third kappa shape index (κ3) is 2.61. The summed E-state index contributed by atoms with van der Waals surface area (Å²) in [6.07, 6.45) is 6.11. The summed E-state index contributed by atoms with van der Waals surface area (Å²) in [5, 5.41) is 16.4. The van der Waals surface area contributed by atoms with Crippen molar-refractivity contribution in [2.45, 2.75) is 38.6 Å². The summed E-state index contributed by atoms with van der Waals surface area (Å²) >= 11 is 0. The first-order valence-corrected chi connectivity index (χ1v) is 9.41. The van der Waals surface area contributed by atoms with E-state index >= 15 is 0 Å². The maximum atomic E-state index is 9.75. The van der Waals surface area contributed by atoms with E-state index in [1.807, 2.05) is 16.8 Å². The molecule has 1 aliphatic carbocycles. The number of nitrogens with two attached hydrogens (primary N) is 1. The molecule has 4 N–H and O–H groups in total.